The number of amides is 1. The molecule has 1 aromatic carbocycles. The Morgan fingerprint density at radius 1 is 1.44 bits per heavy atom. The van der Waals surface area contributed by atoms with E-state index in [-0.39, 0.29) is 17.1 Å². The van der Waals surface area contributed by atoms with Gasteiger partial charge >= 0.3 is 0 Å². The summed E-state index contributed by atoms with van der Waals surface area (Å²) in [6.45, 7) is 6.13. The monoisotopic (exact) mass is 252 g/mol. The van der Waals surface area contributed by atoms with E-state index in [1.807, 2.05) is 20.8 Å². The summed E-state index contributed by atoms with van der Waals surface area (Å²) in [4.78, 5) is 13.6. The largest absolute Gasteiger partial charge is 0.340 e. The number of carbonyl (C=O) groups excluding carboxylic acids is 1. The third-order valence-electron chi connectivity index (χ3n) is 2.88. The van der Waals surface area contributed by atoms with E-state index in [2.05, 4.69) is 0 Å². The minimum Gasteiger partial charge on any atom is -0.340 e. The van der Waals surface area contributed by atoms with Gasteiger partial charge in [-0.15, -0.1) is 0 Å². The molecule has 0 unspecified atom stereocenters. The Labute approximate surface area is 108 Å². The molecule has 1 atom stereocenters. The van der Waals surface area contributed by atoms with E-state index in [9.17, 15) is 9.18 Å². The fourth-order valence-corrected chi connectivity index (χ4v) is 1.59. The molecule has 0 fully saturated rings. The van der Waals surface area contributed by atoms with Crippen LogP contribution in [0.1, 0.15) is 26.3 Å². The standard InChI is InChI=1S/C14H21FN2O/c1-14(2,3)12(16)13(18)17(4)9-10-6-5-7-11(15)8-10/h5-8,12H,9,16H2,1-4H3/t12-/m0/s1. The molecular formula is C14H21FN2O. The van der Waals surface area contributed by atoms with E-state index in [4.69, 9.17) is 5.73 Å². The van der Waals surface area contributed by atoms with Gasteiger partial charge in [0.25, 0.3) is 0 Å². The zero-order valence-corrected chi connectivity index (χ0v) is 11.4. The highest BCUT2D eigenvalue weighted by atomic mass is 19.1. The second-order valence-corrected chi connectivity index (χ2v) is 5.67. The molecule has 0 heterocycles. The normalized spacial score (nSPS) is 13.2. The molecule has 1 aromatic rings. The van der Waals surface area contributed by atoms with E-state index >= 15 is 0 Å². The first-order valence-electron chi connectivity index (χ1n) is 5.97. The van der Waals surface area contributed by atoms with Gasteiger partial charge in [0.1, 0.15) is 5.82 Å². The van der Waals surface area contributed by atoms with Gasteiger partial charge in [-0.1, -0.05) is 32.9 Å². The molecule has 2 N–H and O–H groups in total. The minimum atomic E-state index is -0.559. The van der Waals surface area contributed by atoms with Crippen molar-refractivity contribution in [1.29, 1.82) is 0 Å². The first kappa shape index (κ1) is 14.6. The third kappa shape index (κ3) is 3.81. The highest BCUT2D eigenvalue weighted by Gasteiger charge is 2.29. The van der Waals surface area contributed by atoms with Crippen LogP contribution in [0.25, 0.3) is 0 Å². The Morgan fingerprint density at radius 3 is 2.56 bits per heavy atom. The summed E-state index contributed by atoms with van der Waals surface area (Å²) in [5.41, 5.74) is 6.39. The lowest BCUT2D eigenvalue weighted by Crippen LogP contribution is -2.48. The Hall–Kier alpha value is -1.42. The summed E-state index contributed by atoms with van der Waals surface area (Å²) in [6, 6.07) is 5.66. The highest BCUT2D eigenvalue weighted by Crippen LogP contribution is 2.19. The van der Waals surface area contributed by atoms with Crippen LogP contribution in [0.4, 0.5) is 4.39 Å². The summed E-state index contributed by atoms with van der Waals surface area (Å²) >= 11 is 0. The Balaban J connectivity index is 2.71. The summed E-state index contributed by atoms with van der Waals surface area (Å²) < 4.78 is 13.0. The zero-order valence-electron chi connectivity index (χ0n) is 11.4. The highest BCUT2D eigenvalue weighted by molar-refractivity contribution is 5.82. The van der Waals surface area contributed by atoms with Crippen molar-refractivity contribution in [2.75, 3.05) is 7.05 Å². The van der Waals surface area contributed by atoms with Crippen molar-refractivity contribution in [3.63, 3.8) is 0 Å². The lowest BCUT2D eigenvalue weighted by Gasteiger charge is -2.30. The molecule has 1 amide bonds. The molecule has 1 rings (SSSR count). The summed E-state index contributed by atoms with van der Waals surface area (Å²) in [5, 5.41) is 0. The second kappa shape index (κ2) is 5.48. The molecule has 0 aliphatic rings. The fraction of sp³-hybridized carbons (Fsp3) is 0.500. The lowest BCUT2D eigenvalue weighted by atomic mass is 9.86. The van der Waals surface area contributed by atoms with Gasteiger partial charge in [-0.2, -0.15) is 0 Å². The number of nitrogens with zero attached hydrogens (tertiary/aromatic N) is 1. The van der Waals surface area contributed by atoms with Gasteiger partial charge in [-0.05, 0) is 23.1 Å². The smallest absolute Gasteiger partial charge is 0.240 e. The van der Waals surface area contributed by atoms with Gasteiger partial charge in [0.15, 0.2) is 0 Å². The lowest BCUT2D eigenvalue weighted by molar-refractivity contribution is -0.134. The van der Waals surface area contributed by atoms with Crippen LogP contribution in [0, 0.1) is 11.2 Å². The number of carbonyl (C=O) groups is 1. The van der Waals surface area contributed by atoms with Crippen molar-refractivity contribution in [3.8, 4) is 0 Å². The Kier molecular flexibility index (Phi) is 4.46. The predicted octanol–water partition coefficient (Wildman–Crippen LogP) is 2.16. The average molecular weight is 252 g/mol. The number of hydrogen-bond acceptors (Lipinski definition) is 2. The maximum atomic E-state index is 13.0. The van der Waals surface area contributed by atoms with Crippen LogP contribution in [-0.4, -0.2) is 23.9 Å². The number of hydrogen-bond donors (Lipinski definition) is 1. The molecule has 0 bridgehead atoms. The first-order valence-corrected chi connectivity index (χ1v) is 5.97. The van der Waals surface area contributed by atoms with Crippen LogP contribution in [0.2, 0.25) is 0 Å². The number of nitrogens with two attached hydrogens (primary N) is 1. The zero-order chi connectivity index (χ0) is 13.9. The average Bonchev–Trinajstić information content (AvgIpc) is 2.25. The molecule has 4 heteroatoms. The van der Waals surface area contributed by atoms with Crippen molar-refractivity contribution in [2.24, 2.45) is 11.1 Å². The van der Waals surface area contributed by atoms with Crippen molar-refractivity contribution in [1.82, 2.24) is 4.90 Å². The van der Waals surface area contributed by atoms with Crippen molar-refractivity contribution < 1.29 is 9.18 Å². The maximum Gasteiger partial charge on any atom is 0.240 e. The molecule has 0 aliphatic heterocycles. The Bertz CT molecular complexity index is 426. The number of likely N-dealkylation sites (N-methyl/N-ethyl adjacent to an activating group) is 1. The fourth-order valence-electron chi connectivity index (χ4n) is 1.59. The molecule has 0 saturated carbocycles. The van der Waals surface area contributed by atoms with E-state index in [0.717, 1.165) is 5.56 Å². The molecule has 0 radical (unpaired) electrons. The molecular weight excluding hydrogens is 231 g/mol. The molecule has 0 saturated heterocycles. The number of halogens is 1. The maximum absolute atomic E-state index is 13.0. The number of benzene rings is 1. The van der Waals surface area contributed by atoms with Crippen molar-refractivity contribution in [2.45, 2.75) is 33.4 Å². The first-order chi connectivity index (χ1) is 8.21. The molecule has 0 spiro atoms. The summed E-state index contributed by atoms with van der Waals surface area (Å²) in [7, 11) is 1.68. The van der Waals surface area contributed by atoms with E-state index < -0.39 is 6.04 Å². The summed E-state index contributed by atoms with van der Waals surface area (Å²) in [6.07, 6.45) is 0. The van der Waals surface area contributed by atoms with Gasteiger partial charge in [-0.25, -0.2) is 4.39 Å². The van der Waals surface area contributed by atoms with Crippen LogP contribution in [0.3, 0.4) is 0 Å². The SMILES string of the molecule is CN(Cc1cccc(F)c1)C(=O)[C@H](N)C(C)(C)C. The van der Waals surface area contributed by atoms with Gasteiger partial charge in [0.2, 0.25) is 5.91 Å². The third-order valence-corrected chi connectivity index (χ3v) is 2.88. The molecule has 3 nitrogen and oxygen atoms in total. The van der Waals surface area contributed by atoms with Crippen LogP contribution < -0.4 is 5.73 Å². The van der Waals surface area contributed by atoms with E-state index in [0.29, 0.717) is 6.54 Å². The van der Waals surface area contributed by atoms with Crippen LogP contribution in [-0.2, 0) is 11.3 Å². The van der Waals surface area contributed by atoms with Gasteiger partial charge in [-0.3, -0.25) is 4.79 Å². The van der Waals surface area contributed by atoms with Gasteiger partial charge in [0, 0.05) is 13.6 Å². The van der Waals surface area contributed by atoms with Gasteiger partial charge < -0.3 is 10.6 Å². The van der Waals surface area contributed by atoms with Crippen LogP contribution >= 0.6 is 0 Å². The quantitative estimate of drug-likeness (QED) is 0.896. The number of rotatable bonds is 3. The van der Waals surface area contributed by atoms with Gasteiger partial charge in [0.05, 0.1) is 6.04 Å². The molecule has 100 valence electrons. The van der Waals surface area contributed by atoms with E-state index in [1.54, 1.807) is 19.2 Å². The van der Waals surface area contributed by atoms with Crippen LogP contribution in [0.5, 0.6) is 0 Å². The summed E-state index contributed by atoms with van der Waals surface area (Å²) in [5.74, 6) is -0.430. The second-order valence-electron chi connectivity index (χ2n) is 5.67. The van der Waals surface area contributed by atoms with Crippen molar-refractivity contribution in [3.05, 3.63) is 35.6 Å². The predicted molar refractivity (Wildman–Crippen MR) is 70.3 cm³/mol. The molecule has 0 aromatic heterocycles. The van der Waals surface area contributed by atoms with E-state index in [1.165, 1.54) is 17.0 Å². The molecule has 0 aliphatic carbocycles. The van der Waals surface area contributed by atoms with Crippen LogP contribution in [0.15, 0.2) is 24.3 Å². The van der Waals surface area contributed by atoms with Crippen molar-refractivity contribution >= 4 is 5.91 Å². The molecule has 18 heavy (non-hydrogen) atoms. The topological polar surface area (TPSA) is 46.3 Å². The minimum absolute atomic E-state index is 0.133. The Morgan fingerprint density at radius 2 is 2.06 bits per heavy atom.